The third kappa shape index (κ3) is 4.16. The second-order valence-corrected chi connectivity index (χ2v) is 8.83. The summed E-state index contributed by atoms with van der Waals surface area (Å²) in [6.07, 6.45) is 0. The van der Waals surface area contributed by atoms with Crippen molar-refractivity contribution in [2.75, 3.05) is 0 Å². The van der Waals surface area contributed by atoms with Crippen LogP contribution in [0.3, 0.4) is 0 Å². The number of nitro groups is 1. The molecule has 0 amide bonds. The van der Waals surface area contributed by atoms with Crippen LogP contribution >= 0.6 is 7.29 Å². The molecule has 0 aliphatic heterocycles. The fourth-order valence-corrected chi connectivity index (χ4v) is 5.55. The number of nitrogens with zero attached hydrogens (tertiary/aromatic N) is 1. The summed E-state index contributed by atoms with van der Waals surface area (Å²) >= 11 is 0. The van der Waals surface area contributed by atoms with E-state index in [9.17, 15) is 14.7 Å². The van der Waals surface area contributed by atoms with E-state index < -0.39 is 19.4 Å². The van der Waals surface area contributed by atoms with Gasteiger partial charge in [0.2, 0.25) is 13.3 Å². The van der Waals surface area contributed by atoms with E-state index in [1.54, 1.807) is 24.3 Å². The first-order valence-corrected chi connectivity index (χ1v) is 10.4. The smallest absolute Gasteiger partial charge is 0.229 e. The summed E-state index contributed by atoms with van der Waals surface area (Å²) in [6.45, 7) is 1.53. The average molecular weight is 380 g/mol. The van der Waals surface area contributed by atoms with Crippen molar-refractivity contribution in [3.8, 4) is 0 Å². The lowest BCUT2D eigenvalue weighted by Gasteiger charge is -2.27. The summed E-state index contributed by atoms with van der Waals surface area (Å²) in [7, 11) is -3.29. The van der Waals surface area contributed by atoms with E-state index in [0.717, 1.165) is 5.56 Å². The topological polar surface area (TPSA) is 72.2 Å². The van der Waals surface area contributed by atoms with Gasteiger partial charge in [0.05, 0.1) is 0 Å². The van der Waals surface area contributed by atoms with Gasteiger partial charge in [0, 0.05) is 22.5 Å². The van der Waals surface area contributed by atoms with Gasteiger partial charge < -0.3 is 0 Å². The van der Waals surface area contributed by atoms with Gasteiger partial charge in [-0.3, -0.25) is 14.7 Å². The first kappa shape index (κ1) is 19.0. The van der Waals surface area contributed by atoms with E-state index in [-0.39, 0.29) is 4.92 Å². The second kappa shape index (κ2) is 8.30. The maximum atomic E-state index is 14.2. The van der Waals surface area contributed by atoms with Crippen molar-refractivity contribution in [2.45, 2.75) is 19.0 Å². The molecule has 3 rings (SSSR count). The molecule has 0 heterocycles. The van der Waals surface area contributed by atoms with E-state index in [2.05, 4.69) is 5.09 Å². The van der Waals surface area contributed by atoms with Crippen LogP contribution in [-0.4, -0.2) is 11.0 Å². The van der Waals surface area contributed by atoms with Crippen molar-refractivity contribution in [3.63, 3.8) is 0 Å². The van der Waals surface area contributed by atoms with Crippen LogP contribution < -0.4 is 15.7 Å². The minimum absolute atomic E-state index is 0.342. The zero-order valence-electron chi connectivity index (χ0n) is 14.9. The maximum absolute atomic E-state index is 14.2. The summed E-state index contributed by atoms with van der Waals surface area (Å²) in [5.41, 5.74) is 0.730. The molecule has 3 aromatic carbocycles. The molecular formula is C21H21N2O3P. The quantitative estimate of drug-likeness (QED) is 0.383. The largest absolute Gasteiger partial charge is 0.296 e. The first-order chi connectivity index (χ1) is 13.0. The van der Waals surface area contributed by atoms with Crippen molar-refractivity contribution in [3.05, 3.63) is 107 Å². The predicted molar refractivity (Wildman–Crippen MR) is 109 cm³/mol. The normalized spacial score (nSPS) is 13.7. The minimum atomic E-state index is -3.29. The van der Waals surface area contributed by atoms with Crippen molar-refractivity contribution < 1.29 is 9.49 Å². The Labute approximate surface area is 158 Å². The molecule has 0 aromatic heterocycles. The van der Waals surface area contributed by atoms with Crippen LogP contribution in [0.1, 0.15) is 18.5 Å². The Bertz CT molecular complexity index is 890. The number of benzene rings is 3. The lowest BCUT2D eigenvalue weighted by molar-refractivity contribution is -0.522. The lowest BCUT2D eigenvalue weighted by atomic mass is 10.0. The molecule has 2 atom stereocenters. The predicted octanol–water partition coefficient (Wildman–Crippen LogP) is 3.91. The van der Waals surface area contributed by atoms with Crippen LogP contribution in [0.15, 0.2) is 91.0 Å². The van der Waals surface area contributed by atoms with Crippen LogP contribution in [0.4, 0.5) is 0 Å². The van der Waals surface area contributed by atoms with Gasteiger partial charge in [0.1, 0.15) is 6.04 Å². The zero-order valence-corrected chi connectivity index (χ0v) is 15.8. The highest BCUT2D eigenvalue weighted by atomic mass is 31.2. The van der Waals surface area contributed by atoms with E-state index in [1.165, 1.54) is 6.92 Å². The Hall–Kier alpha value is -2.75. The Morgan fingerprint density at radius 2 is 1.22 bits per heavy atom. The Morgan fingerprint density at radius 1 is 0.815 bits per heavy atom. The molecular weight excluding hydrogens is 359 g/mol. The lowest BCUT2D eigenvalue weighted by Crippen LogP contribution is -2.38. The molecule has 0 bridgehead atoms. The van der Waals surface area contributed by atoms with Gasteiger partial charge in [-0.15, -0.1) is 0 Å². The minimum Gasteiger partial charge on any atom is -0.296 e. The van der Waals surface area contributed by atoms with E-state index >= 15 is 0 Å². The molecule has 1 N–H and O–H groups in total. The molecule has 27 heavy (non-hydrogen) atoms. The number of nitrogens with one attached hydrogen (secondary N) is 1. The molecule has 0 radical (unpaired) electrons. The zero-order chi connectivity index (χ0) is 19.3. The summed E-state index contributed by atoms with van der Waals surface area (Å²) in [5, 5.41) is 16.0. The summed E-state index contributed by atoms with van der Waals surface area (Å²) in [5.74, 6) is 0. The van der Waals surface area contributed by atoms with E-state index in [1.807, 2.05) is 66.7 Å². The van der Waals surface area contributed by atoms with Crippen LogP contribution in [0.25, 0.3) is 0 Å². The molecule has 6 heteroatoms. The Morgan fingerprint density at radius 3 is 1.63 bits per heavy atom. The van der Waals surface area contributed by atoms with Gasteiger partial charge >= 0.3 is 0 Å². The van der Waals surface area contributed by atoms with Gasteiger partial charge in [0.25, 0.3) is 0 Å². The molecule has 3 aromatic rings. The summed E-state index contributed by atoms with van der Waals surface area (Å²) in [4.78, 5) is 11.2. The van der Waals surface area contributed by atoms with Gasteiger partial charge in [-0.2, -0.15) is 0 Å². The van der Waals surface area contributed by atoms with Crippen LogP contribution in [0, 0.1) is 10.1 Å². The highest BCUT2D eigenvalue weighted by molar-refractivity contribution is 7.76. The van der Waals surface area contributed by atoms with Crippen LogP contribution in [0.5, 0.6) is 0 Å². The van der Waals surface area contributed by atoms with Crippen molar-refractivity contribution >= 4 is 17.9 Å². The highest BCUT2D eigenvalue weighted by Gasteiger charge is 2.36. The van der Waals surface area contributed by atoms with Crippen molar-refractivity contribution in [2.24, 2.45) is 0 Å². The molecule has 0 saturated heterocycles. The molecule has 0 aliphatic rings. The van der Waals surface area contributed by atoms with E-state index in [4.69, 9.17) is 0 Å². The number of hydrogen-bond donors (Lipinski definition) is 1. The highest BCUT2D eigenvalue weighted by Crippen LogP contribution is 2.42. The maximum Gasteiger partial charge on any atom is 0.229 e. The van der Waals surface area contributed by atoms with Crippen LogP contribution in [-0.2, 0) is 4.57 Å². The van der Waals surface area contributed by atoms with Crippen molar-refractivity contribution in [1.29, 1.82) is 0 Å². The SMILES string of the molecule is C[C@@H]([C@H](NP(=O)(c1ccccc1)c1ccccc1)c1ccccc1)[N+](=O)[O-]. The molecule has 0 fully saturated rings. The standard InChI is InChI=1S/C21H21N2O3P/c1-17(23(24)25)21(18-11-5-2-6-12-18)22-27(26,19-13-7-3-8-14-19)20-15-9-4-10-16-20/h2-17,21H,1H3,(H,22,26)/t17-,21-/m0/s1. The van der Waals surface area contributed by atoms with Gasteiger partial charge in [-0.25, -0.2) is 5.09 Å². The van der Waals surface area contributed by atoms with Gasteiger partial charge in [0.15, 0.2) is 0 Å². The Balaban J connectivity index is 2.11. The second-order valence-electron chi connectivity index (χ2n) is 6.32. The third-order valence-electron chi connectivity index (χ3n) is 4.53. The molecule has 0 spiro atoms. The molecule has 0 aliphatic carbocycles. The van der Waals surface area contributed by atoms with Crippen molar-refractivity contribution in [1.82, 2.24) is 5.09 Å². The molecule has 5 nitrogen and oxygen atoms in total. The number of hydrogen-bond acceptors (Lipinski definition) is 3. The van der Waals surface area contributed by atoms with Gasteiger partial charge in [-0.05, 0) is 29.8 Å². The molecule has 0 unspecified atom stereocenters. The molecule has 0 saturated carbocycles. The van der Waals surface area contributed by atoms with Crippen LogP contribution in [0.2, 0.25) is 0 Å². The fraction of sp³-hybridized carbons (Fsp3) is 0.143. The number of rotatable bonds is 7. The van der Waals surface area contributed by atoms with Gasteiger partial charge in [-0.1, -0.05) is 66.7 Å². The first-order valence-electron chi connectivity index (χ1n) is 8.70. The fourth-order valence-electron chi connectivity index (χ4n) is 3.01. The Kier molecular flexibility index (Phi) is 5.84. The average Bonchev–Trinajstić information content (AvgIpc) is 2.73. The summed E-state index contributed by atoms with van der Waals surface area (Å²) in [6, 6.07) is 25.6. The van der Waals surface area contributed by atoms with E-state index in [0.29, 0.717) is 10.6 Å². The monoisotopic (exact) mass is 380 g/mol. The molecule has 138 valence electrons. The third-order valence-corrected chi connectivity index (χ3v) is 7.23. The summed E-state index contributed by atoms with van der Waals surface area (Å²) < 4.78 is 14.2.